The number of amides is 1. The first-order valence-corrected chi connectivity index (χ1v) is 13.1. The van der Waals surface area contributed by atoms with Crippen molar-refractivity contribution in [1.29, 1.82) is 0 Å². The molecular formula is C23H33N3O3S. The number of anilines is 1. The summed E-state index contributed by atoms with van der Waals surface area (Å²) in [6.07, 6.45) is 8.40. The molecule has 0 bridgehead atoms. The Balaban J connectivity index is 1.30. The van der Waals surface area contributed by atoms with Crippen LogP contribution in [-0.2, 0) is 21.2 Å². The van der Waals surface area contributed by atoms with Gasteiger partial charge >= 0.3 is 0 Å². The first-order valence-electron chi connectivity index (χ1n) is 11.7. The predicted octanol–water partition coefficient (Wildman–Crippen LogP) is 3.01. The Kier molecular flexibility index (Phi) is 5.40. The van der Waals surface area contributed by atoms with Crippen LogP contribution in [0.2, 0.25) is 0 Å². The zero-order chi connectivity index (χ0) is 20.9. The van der Waals surface area contributed by atoms with E-state index >= 15 is 0 Å². The largest absolute Gasteiger partial charge is 0.309 e. The molecule has 1 amide bonds. The van der Waals surface area contributed by atoms with Gasteiger partial charge in [-0.3, -0.25) is 4.79 Å². The highest BCUT2D eigenvalue weighted by molar-refractivity contribution is 7.89. The normalized spacial score (nSPS) is 26.7. The molecule has 1 atom stereocenters. The summed E-state index contributed by atoms with van der Waals surface area (Å²) >= 11 is 0. The second kappa shape index (κ2) is 7.92. The summed E-state index contributed by atoms with van der Waals surface area (Å²) in [4.78, 5) is 17.5. The minimum atomic E-state index is -3.49. The number of rotatable bonds is 4. The molecule has 1 aromatic rings. The van der Waals surface area contributed by atoms with Crippen molar-refractivity contribution in [3.8, 4) is 0 Å². The molecule has 30 heavy (non-hydrogen) atoms. The van der Waals surface area contributed by atoms with Gasteiger partial charge in [-0.2, -0.15) is 4.31 Å². The molecule has 7 heteroatoms. The third-order valence-electron chi connectivity index (χ3n) is 7.40. The Morgan fingerprint density at radius 2 is 1.67 bits per heavy atom. The lowest BCUT2D eigenvalue weighted by Crippen LogP contribution is -2.48. The fourth-order valence-electron chi connectivity index (χ4n) is 5.51. The molecular weight excluding hydrogens is 398 g/mol. The fraction of sp³-hybridized carbons (Fsp3) is 0.696. The van der Waals surface area contributed by atoms with Crippen LogP contribution < -0.4 is 4.90 Å². The molecule has 3 heterocycles. The maximum atomic E-state index is 13.3. The standard InChI is InChI=1S/C23H33N3O3S/c1-17-15-19-16-21(7-8-22(19)26(17)23(27)18-5-6-18)30(28,29)25-13-9-20(10-14-25)24-11-3-2-4-12-24/h7-8,16-18,20H,2-6,9-15H2,1H3/t17-/m0/s1. The van der Waals surface area contributed by atoms with Gasteiger partial charge in [0, 0.05) is 36.8 Å². The van der Waals surface area contributed by atoms with E-state index < -0.39 is 10.0 Å². The third-order valence-corrected chi connectivity index (χ3v) is 9.29. The summed E-state index contributed by atoms with van der Waals surface area (Å²) < 4.78 is 28.3. The fourth-order valence-corrected chi connectivity index (χ4v) is 7.03. The average molecular weight is 432 g/mol. The number of piperidine rings is 2. The van der Waals surface area contributed by atoms with Crippen molar-refractivity contribution in [2.24, 2.45) is 5.92 Å². The highest BCUT2D eigenvalue weighted by Crippen LogP contribution is 2.40. The summed E-state index contributed by atoms with van der Waals surface area (Å²) in [5, 5.41) is 0. The van der Waals surface area contributed by atoms with Gasteiger partial charge in [0.2, 0.25) is 15.9 Å². The number of hydrogen-bond acceptors (Lipinski definition) is 4. The zero-order valence-electron chi connectivity index (χ0n) is 17.9. The lowest BCUT2D eigenvalue weighted by Gasteiger charge is -2.39. The molecule has 1 aromatic carbocycles. The molecule has 3 aliphatic heterocycles. The van der Waals surface area contributed by atoms with Crippen LogP contribution in [0.1, 0.15) is 57.4 Å². The average Bonchev–Trinajstić information content (AvgIpc) is 3.56. The Bertz CT molecular complexity index is 914. The van der Waals surface area contributed by atoms with Crippen LogP contribution in [0.15, 0.2) is 23.1 Å². The number of carbonyl (C=O) groups excluding carboxylic acids is 1. The number of likely N-dealkylation sites (tertiary alicyclic amines) is 1. The zero-order valence-corrected chi connectivity index (χ0v) is 18.7. The van der Waals surface area contributed by atoms with Crippen LogP contribution in [0.4, 0.5) is 5.69 Å². The Morgan fingerprint density at radius 3 is 2.33 bits per heavy atom. The maximum absolute atomic E-state index is 13.3. The van der Waals surface area contributed by atoms with E-state index in [1.165, 1.54) is 19.3 Å². The van der Waals surface area contributed by atoms with Crippen LogP contribution >= 0.6 is 0 Å². The monoisotopic (exact) mass is 431 g/mol. The van der Waals surface area contributed by atoms with Crippen LogP contribution in [0.5, 0.6) is 0 Å². The number of carbonyl (C=O) groups is 1. The number of sulfonamides is 1. The number of benzene rings is 1. The predicted molar refractivity (Wildman–Crippen MR) is 117 cm³/mol. The van der Waals surface area contributed by atoms with E-state index in [0.717, 1.165) is 56.4 Å². The highest BCUT2D eigenvalue weighted by atomic mass is 32.2. The van der Waals surface area contributed by atoms with Gasteiger partial charge in [-0.05, 0) is 88.7 Å². The van der Waals surface area contributed by atoms with E-state index in [-0.39, 0.29) is 17.9 Å². The van der Waals surface area contributed by atoms with E-state index in [1.807, 2.05) is 17.0 Å². The van der Waals surface area contributed by atoms with Crippen molar-refractivity contribution in [2.75, 3.05) is 31.1 Å². The van der Waals surface area contributed by atoms with Crippen LogP contribution in [0.3, 0.4) is 0 Å². The summed E-state index contributed by atoms with van der Waals surface area (Å²) in [6.45, 7) is 5.58. The van der Waals surface area contributed by atoms with Crippen LogP contribution in [0, 0.1) is 5.92 Å². The summed E-state index contributed by atoms with van der Waals surface area (Å²) in [7, 11) is -3.49. The molecule has 0 radical (unpaired) electrons. The van der Waals surface area contributed by atoms with E-state index in [0.29, 0.717) is 24.0 Å². The van der Waals surface area contributed by atoms with Gasteiger partial charge in [-0.1, -0.05) is 6.42 Å². The van der Waals surface area contributed by atoms with Gasteiger partial charge in [-0.15, -0.1) is 0 Å². The molecule has 6 nitrogen and oxygen atoms in total. The van der Waals surface area contributed by atoms with Crippen molar-refractivity contribution in [3.05, 3.63) is 23.8 Å². The molecule has 0 aromatic heterocycles. The second-order valence-electron chi connectivity index (χ2n) is 9.56. The summed E-state index contributed by atoms with van der Waals surface area (Å²) in [6, 6.07) is 6.01. The van der Waals surface area contributed by atoms with Gasteiger partial charge in [0.1, 0.15) is 0 Å². The smallest absolute Gasteiger partial charge is 0.243 e. The van der Waals surface area contributed by atoms with E-state index in [2.05, 4.69) is 11.8 Å². The van der Waals surface area contributed by atoms with E-state index in [1.54, 1.807) is 10.4 Å². The van der Waals surface area contributed by atoms with Crippen molar-refractivity contribution >= 4 is 21.6 Å². The third kappa shape index (κ3) is 3.69. The van der Waals surface area contributed by atoms with Gasteiger partial charge in [0.15, 0.2) is 0 Å². The number of hydrogen-bond donors (Lipinski definition) is 0. The topological polar surface area (TPSA) is 60.9 Å². The number of nitrogens with zero attached hydrogens (tertiary/aromatic N) is 3. The summed E-state index contributed by atoms with van der Waals surface area (Å²) in [5.74, 6) is 0.375. The molecule has 1 aliphatic carbocycles. The van der Waals surface area contributed by atoms with E-state index in [4.69, 9.17) is 0 Å². The van der Waals surface area contributed by atoms with Crippen molar-refractivity contribution in [3.63, 3.8) is 0 Å². The minimum Gasteiger partial charge on any atom is -0.309 e. The lowest BCUT2D eigenvalue weighted by atomic mass is 10.0. The van der Waals surface area contributed by atoms with Crippen molar-refractivity contribution in [1.82, 2.24) is 9.21 Å². The van der Waals surface area contributed by atoms with Gasteiger partial charge in [-0.25, -0.2) is 8.42 Å². The van der Waals surface area contributed by atoms with Crippen molar-refractivity contribution < 1.29 is 13.2 Å². The van der Waals surface area contributed by atoms with Gasteiger partial charge in [0.25, 0.3) is 0 Å². The Labute approximate surface area is 180 Å². The SMILES string of the molecule is C[C@H]1Cc2cc(S(=O)(=O)N3CCC(N4CCCCC4)CC3)ccc2N1C(=O)C1CC1. The second-order valence-corrected chi connectivity index (χ2v) is 11.5. The highest BCUT2D eigenvalue weighted by Gasteiger charge is 2.40. The van der Waals surface area contributed by atoms with E-state index in [9.17, 15) is 13.2 Å². The molecule has 2 saturated heterocycles. The molecule has 3 fully saturated rings. The first kappa shape index (κ1) is 20.5. The first-order chi connectivity index (χ1) is 14.4. The molecule has 5 rings (SSSR count). The van der Waals surface area contributed by atoms with Gasteiger partial charge in [0.05, 0.1) is 4.90 Å². The summed E-state index contributed by atoms with van der Waals surface area (Å²) in [5.41, 5.74) is 1.89. The quantitative estimate of drug-likeness (QED) is 0.735. The Hall–Kier alpha value is -1.44. The maximum Gasteiger partial charge on any atom is 0.243 e. The minimum absolute atomic E-state index is 0.103. The van der Waals surface area contributed by atoms with Crippen LogP contribution in [-0.4, -0.2) is 61.8 Å². The van der Waals surface area contributed by atoms with Gasteiger partial charge < -0.3 is 9.80 Å². The molecule has 0 spiro atoms. The number of fused-ring (bicyclic) bond motifs is 1. The molecule has 164 valence electrons. The molecule has 0 N–H and O–H groups in total. The lowest BCUT2D eigenvalue weighted by molar-refractivity contribution is -0.120. The van der Waals surface area contributed by atoms with Crippen molar-refractivity contribution in [2.45, 2.75) is 75.3 Å². The molecule has 1 saturated carbocycles. The molecule has 4 aliphatic rings. The molecule has 0 unspecified atom stereocenters. The Morgan fingerprint density at radius 1 is 0.967 bits per heavy atom. The van der Waals surface area contributed by atoms with Crippen LogP contribution in [0.25, 0.3) is 0 Å².